The second-order valence-corrected chi connectivity index (χ2v) is 5.86. The van der Waals surface area contributed by atoms with Crippen LogP contribution in [0.2, 0.25) is 5.02 Å². The highest BCUT2D eigenvalue weighted by atomic mass is 35.5. The average molecular weight is 381 g/mol. The van der Waals surface area contributed by atoms with Gasteiger partial charge in [-0.3, -0.25) is 4.79 Å². The lowest BCUT2D eigenvalue weighted by Gasteiger charge is -2.08. The van der Waals surface area contributed by atoms with Crippen molar-refractivity contribution >= 4 is 23.2 Å². The van der Waals surface area contributed by atoms with Gasteiger partial charge in [-0.1, -0.05) is 17.7 Å². The van der Waals surface area contributed by atoms with Gasteiger partial charge in [0.2, 0.25) is 0 Å². The van der Waals surface area contributed by atoms with Gasteiger partial charge >= 0.3 is 6.18 Å². The minimum absolute atomic E-state index is 0.178. The molecule has 26 heavy (non-hydrogen) atoms. The Labute approximate surface area is 151 Å². The lowest BCUT2D eigenvalue weighted by atomic mass is 10.2. The molecule has 0 unspecified atom stereocenters. The predicted molar refractivity (Wildman–Crippen MR) is 90.5 cm³/mol. The number of hydrogen-bond donors (Lipinski definition) is 1. The summed E-state index contributed by atoms with van der Waals surface area (Å²) in [5, 5.41) is 7.21. The molecule has 0 saturated carbocycles. The van der Waals surface area contributed by atoms with E-state index in [0.29, 0.717) is 16.4 Å². The highest BCUT2D eigenvalue weighted by Crippen LogP contribution is 2.29. The first kappa shape index (κ1) is 17.9. The molecule has 3 rings (SSSR count). The second kappa shape index (κ2) is 6.80. The molecule has 134 valence electrons. The minimum Gasteiger partial charge on any atom is -0.322 e. The maximum Gasteiger partial charge on any atom is 0.417 e. The van der Waals surface area contributed by atoms with Gasteiger partial charge in [-0.2, -0.15) is 18.3 Å². The highest BCUT2D eigenvalue weighted by molar-refractivity contribution is 6.31. The van der Waals surface area contributed by atoms with E-state index in [9.17, 15) is 18.0 Å². The fourth-order valence-corrected chi connectivity index (χ4v) is 2.50. The van der Waals surface area contributed by atoms with E-state index >= 15 is 0 Å². The molecule has 1 aromatic carbocycles. The van der Waals surface area contributed by atoms with Crippen molar-refractivity contribution in [1.29, 1.82) is 0 Å². The van der Waals surface area contributed by atoms with E-state index in [2.05, 4.69) is 15.4 Å². The number of benzene rings is 1. The van der Waals surface area contributed by atoms with Crippen LogP contribution in [0.1, 0.15) is 21.6 Å². The summed E-state index contributed by atoms with van der Waals surface area (Å²) >= 11 is 5.88. The maximum absolute atomic E-state index is 12.6. The van der Waals surface area contributed by atoms with Gasteiger partial charge in [-0.15, -0.1) is 0 Å². The smallest absolute Gasteiger partial charge is 0.322 e. The number of amides is 1. The standard InChI is InChI=1S/C17H12ClF3N4O/c1-10-14(16(26)24-13-4-2-3-12(18)7-13)9-23-25(10)15-6-5-11(8-22-15)17(19,20)21/h2-9H,1H3,(H,24,26). The van der Waals surface area contributed by atoms with Gasteiger partial charge in [-0.05, 0) is 37.3 Å². The molecule has 0 spiro atoms. The van der Waals surface area contributed by atoms with E-state index in [0.717, 1.165) is 12.3 Å². The van der Waals surface area contributed by atoms with Crippen molar-refractivity contribution in [3.8, 4) is 5.82 Å². The summed E-state index contributed by atoms with van der Waals surface area (Å²) < 4.78 is 39.2. The molecular weight excluding hydrogens is 369 g/mol. The number of halogens is 4. The van der Waals surface area contributed by atoms with Gasteiger partial charge in [0.1, 0.15) is 0 Å². The van der Waals surface area contributed by atoms with Crippen LogP contribution in [0, 0.1) is 6.92 Å². The summed E-state index contributed by atoms with van der Waals surface area (Å²) in [5.74, 6) is -0.236. The molecule has 0 fully saturated rings. The van der Waals surface area contributed by atoms with Gasteiger partial charge in [0.05, 0.1) is 23.0 Å². The molecule has 1 amide bonds. The summed E-state index contributed by atoms with van der Waals surface area (Å²) in [7, 11) is 0. The van der Waals surface area contributed by atoms with Gasteiger partial charge in [0.25, 0.3) is 5.91 Å². The van der Waals surface area contributed by atoms with E-state index < -0.39 is 17.6 Å². The molecule has 0 aliphatic heterocycles. The number of anilines is 1. The Morgan fingerprint density at radius 2 is 1.96 bits per heavy atom. The van der Waals surface area contributed by atoms with Crippen molar-refractivity contribution < 1.29 is 18.0 Å². The molecule has 0 atom stereocenters. The average Bonchev–Trinajstić information content (AvgIpc) is 2.96. The molecule has 2 aromatic heterocycles. The fourth-order valence-electron chi connectivity index (χ4n) is 2.31. The summed E-state index contributed by atoms with van der Waals surface area (Å²) in [6, 6.07) is 8.76. The Kier molecular flexibility index (Phi) is 4.69. The summed E-state index contributed by atoms with van der Waals surface area (Å²) in [4.78, 5) is 16.2. The van der Waals surface area contributed by atoms with Crippen LogP contribution in [-0.2, 0) is 6.18 Å². The maximum atomic E-state index is 12.6. The number of nitrogens with one attached hydrogen (secondary N) is 1. The van der Waals surface area contributed by atoms with E-state index in [-0.39, 0.29) is 11.4 Å². The molecule has 0 saturated heterocycles. The van der Waals surface area contributed by atoms with Gasteiger partial charge in [0.15, 0.2) is 5.82 Å². The first-order valence-electron chi connectivity index (χ1n) is 7.41. The third kappa shape index (κ3) is 3.70. The Morgan fingerprint density at radius 3 is 2.58 bits per heavy atom. The Morgan fingerprint density at radius 1 is 1.19 bits per heavy atom. The molecule has 2 heterocycles. The number of rotatable bonds is 3. The first-order chi connectivity index (χ1) is 12.3. The van der Waals surface area contributed by atoms with Crippen LogP contribution in [-0.4, -0.2) is 20.7 Å². The van der Waals surface area contributed by atoms with Gasteiger partial charge in [0, 0.05) is 16.9 Å². The fraction of sp³-hybridized carbons (Fsp3) is 0.118. The lowest BCUT2D eigenvalue weighted by Crippen LogP contribution is -2.13. The number of carbonyl (C=O) groups excluding carboxylic acids is 1. The van der Waals surface area contributed by atoms with Gasteiger partial charge in [-0.25, -0.2) is 9.67 Å². The number of alkyl halides is 3. The van der Waals surface area contributed by atoms with Crippen molar-refractivity contribution in [2.24, 2.45) is 0 Å². The van der Waals surface area contributed by atoms with Crippen LogP contribution in [0.25, 0.3) is 5.82 Å². The van der Waals surface area contributed by atoms with Crippen LogP contribution < -0.4 is 5.32 Å². The monoisotopic (exact) mass is 380 g/mol. The Bertz CT molecular complexity index is 951. The zero-order chi connectivity index (χ0) is 18.9. The van der Waals surface area contributed by atoms with Crippen molar-refractivity contribution in [3.63, 3.8) is 0 Å². The molecule has 5 nitrogen and oxygen atoms in total. The molecule has 3 aromatic rings. The lowest BCUT2D eigenvalue weighted by molar-refractivity contribution is -0.137. The quantitative estimate of drug-likeness (QED) is 0.727. The van der Waals surface area contributed by atoms with Crippen LogP contribution in [0.5, 0.6) is 0 Å². The molecule has 0 radical (unpaired) electrons. The Balaban J connectivity index is 1.84. The molecule has 0 aliphatic carbocycles. The van der Waals surface area contributed by atoms with Crippen LogP contribution in [0.4, 0.5) is 18.9 Å². The van der Waals surface area contributed by atoms with E-state index in [4.69, 9.17) is 11.6 Å². The minimum atomic E-state index is -4.47. The third-order valence-corrected chi connectivity index (χ3v) is 3.86. The van der Waals surface area contributed by atoms with Crippen molar-refractivity contribution in [1.82, 2.24) is 14.8 Å². The molecular formula is C17H12ClF3N4O. The number of pyridine rings is 1. The SMILES string of the molecule is Cc1c(C(=O)Nc2cccc(Cl)c2)cnn1-c1ccc(C(F)(F)F)cn1. The predicted octanol–water partition coefficient (Wildman–Crippen LogP) is 4.50. The van der Waals surface area contributed by atoms with Crippen LogP contribution in [0.3, 0.4) is 0 Å². The van der Waals surface area contributed by atoms with Crippen molar-refractivity contribution in [2.45, 2.75) is 13.1 Å². The zero-order valence-electron chi connectivity index (χ0n) is 13.4. The van der Waals surface area contributed by atoms with E-state index in [1.807, 2.05) is 0 Å². The number of hydrogen-bond acceptors (Lipinski definition) is 3. The summed E-state index contributed by atoms with van der Waals surface area (Å²) in [5.41, 5.74) is 0.371. The third-order valence-electron chi connectivity index (χ3n) is 3.63. The number of nitrogens with zero attached hydrogens (tertiary/aromatic N) is 3. The van der Waals surface area contributed by atoms with E-state index in [1.165, 1.54) is 16.9 Å². The van der Waals surface area contributed by atoms with Crippen LogP contribution in [0.15, 0.2) is 48.8 Å². The molecule has 0 aliphatic rings. The van der Waals surface area contributed by atoms with Gasteiger partial charge < -0.3 is 5.32 Å². The molecule has 0 bridgehead atoms. The van der Waals surface area contributed by atoms with Crippen molar-refractivity contribution in [3.05, 3.63) is 70.6 Å². The normalized spacial score (nSPS) is 11.4. The number of aromatic nitrogens is 3. The van der Waals surface area contributed by atoms with Crippen LogP contribution >= 0.6 is 11.6 Å². The zero-order valence-corrected chi connectivity index (χ0v) is 14.1. The largest absolute Gasteiger partial charge is 0.417 e. The second-order valence-electron chi connectivity index (χ2n) is 5.42. The summed E-state index contributed by atoms with van der Waals surface area (Å²) in [6.07, 6.45) is -2.41. The first-order valence-corrected chi connectivity index (χ1v) is 7.78. The summed E-state index contributed by atoms with van der Waals surface area (Å²) in [6.45, 7) is 1.62. The molecule has 9 heteroatoms. The Hall–Kier alpha value is -2.87. The van der Waals surface area contributed by atoms with E-state index in [1.54, 1.807) is 31.2 Å². The van der Waals surface area contributed by atoms with Crippen molar-refractivity contribution in [2.75, 3.05) is 5.32 Å². The topological polar surface area (TPSA) is 59.8 Å². The number of carbonyl (C=O) groups is 1. The molecule has 1 N–H and O–H groups in total. The highest BCUT2D eigenvalue weighted by Gasteiger charge is 2.30.